The second-order valence-corrected chi connectivity index (χ2v) is 4.39. The van der Waals surface area contributed by atoms with Gasteiger partial charge in [0.2, 0.25) is 0 Å². The number of carboxylic acid groups (broad SMARTS) is 1. The van der Waals surface area contributed by atoms with Crippen LogP contribution in [0.3, 0.4) is 0 Å². The average molecular weight is 235 g/mol. The largest absolute Gasteiger partial charge is 0.481 e. The molecule has 1 N–H and O–H groups in total. The summed E-state index contributed by atoms with van der Waals surface area (Å²) < 4.78 is 2.06. The molecule has 5 heteroatoms. The highest BCUT2D eigenvalue weighted by Gasteiger charge is 2.20. The van der Waals surface area contributed by atoms with Crippen LogP contribution in [-0.2, 0) is 11.3 Å². The minimum absolute atomic E-state index is 0.194. The lowest BCUT2D eigenvalue weighted by Crippen LogP contribution is -2.10. The summed E-state index contributed by atoms with van der Waals surface area (Å²) in [4.78, 5) is 10.5. The van der Waals surface area contributed by atoms with E-state index in [9.17, 15) is 4.79 Å². The fourth-order valence-electron chi connectivity index (χ4n) is 2.19. The Morgan fingerprint density at radius 2 is 2.18 bits per heavy atom. The second kappa shape index (κ2) is 5.12. The smallest absolute Gasteiger partial charge is 0.303 e. The first kappa shape index (κ1) is 11.8. The SMILES string of the molecule is Cc1nnc(C2CC=CC2)n1CCCC(=O)O. The number of carbonyl (C=O) groups is 1. The first-order chi connectivity index (χ1) is 8.18. The summed E-state index contributed by atoms with van der Waals surface area (Å²) in [6.07, 6.45) is 7.17. The van der Waals surface area contributed by atoms with Gasteiger partial charge in [-0.05, 0) is 26.2 Å². The van der Waals surface area contributed by atoms with E-state index in [-0.39, 0.29) is 6.42 Å². The zero-order valence-electron chi connectivity index (χ0n) is 9.96. The first-order valence-corrected chi connectivity index (χ1v) is 5.95. The monoisotopic (exact) mass is 235 g/mol. The number of rotatable bonds is 5. The zero-order valence-corrected chi connectivity index (χ0v) is 9.96. The molecule has 1 aliphatic rings. The maximum atomic E-state index is 10.5. The zero-order chi connectivity index (χ0) is 12.3. The van der Waals surface area contributed by atoms with Crippen LogP contribution in [0.25, 0.3) is 0 Å². The minimum Gasteiger partial charge on any atom is -0.481 e. The van der Waals surface area contributed by atoms with Crippen LogP contribution in [0.4, 0.5) is 0 Å². The molecule has 0 atom stereocenters. The fraction of sp³-hybridized carbons (Fsp3) is 0.583. The predicted molar refractivity (Wildman–Crippen MR) is 62.7 cm³/mol. The van der Waals surface area contributed by atoms with Crippen LogP contribution in [0.1, 0.15) is 43.3 Å². The van der Waals surface area contributed by atoms with Gasteiger partial charge < -0.3 is 9.67 Å². The van der Waals surface area contributed by atoms with Crippen molar-refractivity contribution in [2.24, 2.45) is 0 Å². The van der Waals surface area contributed by atoms with Crippen LogP contribution in [0.15, 0.2) is 12.2 Å². The number of aryl methyl sites for hydroxylation is 1. The van der Waals surface area contributed by atoms with Gasteiger partial charge in [-0.3, -0.25) is 4.79 Å². The van der Waals surface area contributed by atoms with Gasteiger partial charge in [0.15, 0.2) is 0 Å². The summed E-state index contributed by atoms with van der Waals surface area (Å²) in [7, 11) is 0. The van der Waals surface area contributed by atoms with Gasteiger partial charge in [0.25, 0.3) is 0 Å². The Hall–Kier alpha value is -1.65. The number of carboxylic acids is 1. The molecule has 0 saturated heterocycles. The molecule has 2 rings (SSSR count). The highest BCUT2D eigenvalue weighted by molar-refractivity contribution is 5.66. The molecule has 0 spiro atoms. The second-order valence-electron chi connectivity index (χ2n) is 4.39. The van der Waals surface area contributed by atoms with E-state index in [2.05, 4.69) is 26.9 Å². The summed E-state index contributed by atoms with van der Waals surface area (Å²) in [5.74, 6) is 1.54. The molecule has 1 aromatic rings. The Bertz CT molecular complexity index is 429. The van der Waals surface area contributed by atoms with Gasteiger partial charge in [-0.1, -0.05) is 12.2 Å². The normalized spacial score (nSPS) is 15.6. The summed E-state index contributed by atoms with van der Waals surface area (Å²) in [6, 6.07) is 0. The van der Waals surface area contributed by atoms with Crippen molar-refractivity contribution in [3.63, 3.8) is 0 Å². The lowest BCUT2D eigenvalue weighted by molar-refractivity contribution is -0.137. The van der Waals surface area contributed by atoms with Crippen molar-refractivity contribution in [3.05, 3.63) is 23.8 Å². The molecule has 0 saturated carbocycles. The molecular formula is C12H17N3O2. The van der Waals surface area contributed by atoms with Crippen LogP contribution in [0, 0.1) is 6.92 Å². The van der Waals surface area contributed by atoms with Crippen molar-refractivity contribution in [2.45, 2.75) is 45.1 Å². The lowest BCUT2D eigenvalue weighted by atomic mass is 10.1. The highest BCUT2D eigenvalue weighted by atomic mass is 16.4. The fourth-order valence-corrected chi connectivity index (χ4v) is 2.19. The topological polar surface area (TPSA) is 68.0 Å². The highest BCUT2D eigenvalue weighted by Crippen LogP contribution is 2.28. The Morgan fingerprint density at radius 1 is 1.47 bits per heavy atom. The molecule has 0 amide bonds. The predicted octanol–water partition coefficient (Wildman–Crippen LogP) is 1.88. The van der Waals surface area contributed by atoms with Gasteiger partial charge in [0.05, 0.1) is 0 Å². The van der Waals surface area contributed by atoms with Crippen LogP contribution in [0.2, 0.25) is 0 Å². The number of hydrogen-bond donors (Lipinski definition) is 1. The Morgan fingerprint density at radius 3 is 2.82 bits per heavy atom. The van der Waals surface area contributed by atoms with E-state index in [0.717, 1.165) is 24.5 Å². The van der Waals surface area contributed by atoms with Gasteiger partial charge in [0.1, 0.15) is 11.6 Å². The Kier molecular flexibility index (Phi) is 3.56. The van der Waals surface area contributed by atoms with Crippen molar-refractivity contribution < 1.29 is 9.90 Å². The molecule has 17 heavy (non-hydrogen) atoms. The molecule has 1 aromatic heterocycles. The van der Waals surface area contributed by atoms with E-state index in [1.807, 2.05) is 6.92 Å². The third-order valence-electron chi connectivity index (χ3n) is 3.11. The summed E-state index contributed by atoms with van der Waals surface area (Å²) in [5, 5.41) is 17.0. The van der Waals surface area contributed by atoms with Crippen molar-refractivity contribution in [1.82, 2.24) is 14.8 Å². The van der Waals surface area contributed by atoms with Crippen LogP contribution < -0.4 is 0 Å². The molecule has 0 aliphatic heterocycles. The van der Waals surface area contributed by atoms with E-state index >= 15 is 0 Å². The third kappa shape index (κ3) is 2.72. The molecular weight excluding hydrogens is 218 g/mol. The third-order valence-corrected chi connectivity index (χ3v) is 3.11. The van der Waals surface area contributed by atoms with Crippen LogP contribution in [0.5, 0.6) is 0 Å². The van der Waals surface area contributed by atoms with Gasteiger partial charge in [0, 0.05) is 18.9 Å². The van der Waals surface area contributed by atoms with Gasteiger partial charge in [-0.15, -0.1) is 10.2 Å². The van der Waals surface area contributed by atoms with E-state index < -0.39 is 5.97 Å². The van der Waals surface area contributed by atoms with Crippen molar-refractivity contribution in [2.75, 3.05) is 0 Å². The molecule has 92 valence electrons. The van der Waals surface area contributed by atoms with Gasteiger partial charge >= 0.3 is 5.97 Å². The quantitative estimate of drug-likeness (QED) is 0.791. The van der Waals surface area contributed by atoms with Crippen LogP contribution >= 0.6 is 0 Å². The maximum absolute atomic E-state index is 10.5. The van der Waals surface area contributed by atoms with E-state index in [0.29, 0.717) is 18.9 Å². The minimum atomic E-state index is -0.750. The molecule has 1 heterocycles. The van der Waals surface area contributed by atoms with E-state index in [1.54, 1.807) is 0 Å². The number of aliphatic carboxylic acids is 1. The molecule has 0 radical (unpaired) electrons. The van der Waals surface area contributed by atoms with Gasteiger partial charge in [-0.2, -0.15) is 0 Å². The molecule has 0 fully saturated rings. The molecule has 1 aliphatic carbocycles. The standard InChI is InChI=1S/C12H17N3O2/c1-9-13-14-12(10-5-2-3-6-10)15(9)8-4-7-11(16)17/h2-3,10H,4-8H2,1H3,(H,16,17). The number of aromatic nitrogens is 3. The van der Waals surface area contributed by atoms with Crippen LogP contribution in [-0.4, -0.2) is 25.8 Å². The Balaban J connectivity index is 2.04. The first-order valence-electron chi connectivity index (χ1n) is 5.95. The van der Waals surface area contributed by atoms with E-state index in [4.69, 9.17) is 5.11 Å². The molecule has 0 unspecified atom stereocenters. The lowest BCUT2D eigenvalue weighted by Gasteiger charge is -2.12. The summed E-state index contributed by atoms with van der Waals surface area (Å²) >= 11 is 0. The Labute approximate surface area is 100 Å². The number of allylic oxidation sites excluding steroid dienone is 2. The van der Waals surface area contributed by atoms with Gasteiger partial charge in [-0.25, -0.2) is 0 Å². The van der Waals surface area contributed by atoms with Crippen molar-refractivity contribution in [1.29, 1.82) is 0 Å². The number of hydrogen-bond acceptors (Lipinski definition) is 3. The van der Waals surface area contributed by atoms with Crippen molar-refractivity contribution in [3.8, 4) is 0 Å². The molecule has 5 nitrogen and oxygen atoms in total. The summed E-state index contributed by atoms with van der Waals surface area (Å²) in [6.45, 7) is 2.61. The average Bonchev–Trinajstić information content (AvgIpc) is 2.88. The molecule has 0 bridgehead atoms. The van der Waals surface area contributed by atoms with Crippen molar-refractivity contribution >= 4 is 5.97 Å². The van der Waals surface area contributed by atoms with E-state index in [1.165, 1.54) is 0 Å². The molecule has 0 aromatic carbocycles. The maximum Gasteiger partial charge on any atom is 0.303 e. The number of nitrogens with zero attached hydrogens (tertiary/aromatic N) is 3. The summed E-state index contributed by atoms with van der Waals surface area (Å²) in [5.41, 5.74) is 0.